The molecule has 2 saturated heterocycles. The van der Waals surface area contributed by atoms with Crippen LogP contribution >= 0.6 is 11.8 Å². The Morgan fingerprint density at radius 1 is 1.25 bits per heavy atom. The lowest BCUT2D eigenvalue weighted by Crippen LogP contribution is -2.43. The van der Waals surface area contributed by atoms with Gasteiger partial charge in [0.1, 0.15) is 5.69 Å². The Balaban J connectivity index is 1.57. The van der Waals surface area contributed by atoms with Crippen LogP contribution in [0.1, 0.15) is 29.8 Å². The number of rotatable bonds is 4. The van der Waals surface area contributed by atoms with E-state index in [0.29, 0.717) is 12.1 Å². The van der Waals surface area contributed by atoms with Crippen molar-refractivity contribution in [2.24, 2.45) is 7.05 Å². The molecule has 2 bridgehead atoms. The molecule has 1 amide bonds. The van der Waals surface area contributed by atoms with Crippen LogP contribution in [0.4, 0.5) is 0 Å². The molecule has 3 heterocycles. The van der Waals surface area contributed by atoms with E-state index in [1.807, 2.05) is 35.9 Å². The third-order valence-corrected chi connectivity index (χ3v) is 6.15. The van der Waals surface area contributed by atoms with Crippen LogP contribution in [0.25, 0.3) is 11.3 Å². The molecule has 2 fully saturated rings. The predicted molar refractivity (Wildman–Crippen MR) is 98.4 cm³/mol. The van der Waals surface area contributed by atoms with Crippen molar-refractivity contribution in [3.63, 3.8) is 0 Å². The number of nitrogens with zero attached hydrogens (tertiary/aromatic N) is 1. The maximum Gasteiger partial charge on any atom is 0.268 e. The van der Waals surface area contributed by atoms with E-state index in [2.05, 4.69) is 29.0 Å². The molecule has 2 aromatic rings. The van der Waals surface area contributed by atoms with Crippen molar-refractivity contribution in [2.45, 2.75) is 42.3 Å². The van der Waals surface area contributed by atoms with Crippen molar-refractivity contribution in [1.82, 2.24) is 15.2 Å². The van der Waals surface area contributed by atoms with E-state index in [0.717, 1.165) is 17.8 Å². The molecule has 0 aliphatic carbocycles. The normalized spacial score (nSPS) is 25.2. The zero-order chi connectivity index (χ0) is 16.7. The fourth-order valence-electron chi connectivity index (χ4n) is 4.09. The highest BCUT2D eigenvalue weighted by Gasteiger charge is 2.39. The first-order chi connectivity index (χ1) is 11.7. The van der Waals surface area contributed by atoms with E-state index in [1.165, 1.54) is 23.3 Å². The second-order valence-corrected chi connectivity index (χ2v) is 7.57. The summed E-state index contributed by atoms with van der Waals surface area (Å²) < 4.78 is 2.00. The summed E-state index contributed by atoms with van der Waals surface area (Å²) in [6.45, 7) is 0. The van der Waals surface area contributed by atoms with Gasteiger partial charge in [0.2, 0.25) is 0 Å². The third kappa shape index (κ3) is 2.66. The zero-order valence-corrected chi connectivity index (χ0v) is 14.9. The molecule has 3 atom stereocenters. The summed E-state index contributed by atoms with van der Waals surface area (Å²) in [5, 5.41) is 6.80. The van der Waals surface area contributed by atoms with Crippen molar-refractivity contribution in [1.29, 1.82) is 0 Å². The molecule has 0 spiro atoms. The largest absolute Gasteiger partial charge is 0.346 e. The van der Waals surface area contributed by atoms with Crippen molar-refractivity contribution in [2.75, 3.05) is 6.26 Å². The molecule has 0 saturated carbocycles. The summed E-state index contributed by atoms with van der Waals surface area (Å²) >= 11 is 1.73. The van der Waals surface area contributed by atoms with Gasteiger partial charge in [-0.05, 0) is 43.7 Å². The first-order valence-electron chi connectivity index (χ1n) is 8.53. The van der Waals surface area contributed by atoms with Crippen LogP contribution in [-0.4, -0.2) is 34.9 Å². The second kappa shape index (κ2) is 6.30. The molecule has 2 aliphatic rings. The van der Waals surface area contributed by atoms with Crippen LogP contribution in [0.5, 0.6) is 0 Å². The highest BCUT2D eigenvalue weighted by molar-refractivity contribution is 7.98. The monoisotopic (exact) mass is 341 g/mol. The van der Waals surface area contributed by atoms with E-state index >= 15 is 0 Å². The number of benzene rings is 1. The summed E-state index contributed by atoms with van der Waals surface area (Å²) in [5.74, 6) is 0.0322. The minimum Gasteiger partial charge on any atom is -0.346 e. The van der Waals surface area contributed by atoms with E-state index in [9.17, 15) is 4.79 Å². The lowest BCUT2D eigenvalue weighted by Gasteiger charge is -2.21. The molecule has 2 N–H and O–H groups in total. The van der Waals surface area contributed by atoms with Gasteiger partial charge < -0.3 is 15.2 Å². The number of carbonyl (C=O) groups excluding carboxylic acids is 1. The van der Waals surface area contributed by atoms with Gasteiger partial charge in [0.05, 0.1) is 0 Å². The van der Waals surface area contributed by atoms with Crippen LogP contribution in [0, 0.1) is 0 Å². The van der Waals surface area contributed by atoms with Gasteiger partial charge in [0.25, 0.3) is 5.91 Å². The Labute approximate surface area is 147 Å². The maximum atomic E-state index is 12.7. The lowest BCUT2D eigenvalue weighted by molar-refractivity contribution is 0.0923. The molecule has 5 heteroatoms. The Kier molecular flexibility index (Phi) is 4.14. The lowest BCUT2D eigenvalue weighted by atomic mass is 9.95. The number of carbonyl (C=O) groups is 1. The molecular weight excluding hydrogens is 318 g/mol. The van der Waals surface area contributed by atoms with Crippen LogP contribution in [0.2, 0.25) is 0 Å². The summed E-state index contributed by atoms with van der Waals surface area (Å²) in [5.41, 5.74) is 2.98. The highest BCUT2D eigenvalue weighted by Crippen LogP contribution is 2.31. The number of aromatic nitrogens is 1. The average molecular weight is 341 g/mol. The minimum atomic E-state index is 0.0322. The van der Waals surface area contributed by atoms with Crippen molar-refractivity contribution in [3.05, 3.63) is 42.1 Å². The molecule has 4 nitrogen and oxygen atoms in total. The van der Waals surface area contributed by atoms with Crippen molar-refractivity contribution < 1.29 is 4.79 Å². The zero-order valence-electron chi connectivity index (χ0n) is 14.1. The number of nitrogens with one attached hydrogen (secondary N) is 2. The Hall–Kier alpha value is -1.72. The topological polar surface area (TPSA) is 46.1 Å². The third-order valence-electron chi connectivity index (χ3n) is 5.35. The standard InChI is InChI=1S/C19H23N3OS/c1-22-16(13-5-3-4-6-18(13)24-2)9-10-17(22)19(23)21-15-11-12-7-8-14(15)20-12/h3-6,9-10,12,14-15,20H,7-8,11H2,1-2H3,(H,21,23)/t12-,14+,15-/m1/s1. The van der Waals surface area contributed by atoms with Gasteiger partial charge >= 0.3 is 0 Å². The predicted octanol–water partition coefficient (Wildman–Crippen LogP) is 3.04. The summed E-state index contributed by atoms with van der Waals surface area (Å²) in [7, 11) is 1.97. The number of amides is 1. The van der Waals surface area contributed by atoms with Crippen molar-refractivity contribution in [3.8, 4) is 11.3 Å². The van der Waals surface area contributed by atoms with Crippen molar-refractivity contribution >= 4 is 17.7 Å². The van der Waals surface area contributed by atoms with Gasteiger partial charge in [-0.1, -0.05) is 18.2 Å². The first kappa shape index (κ1) is 15.8. The first-order valence-corrected chi connectivity index (χ1v) is 9.76. The van der Waals surface area contributed by atoms with Gasteiger partial charge in [0.15, 0.2) is 0 Å². The Bertz CT molecular complexity index is 770. The number of hydrogen-bond acceptors (Lipinski definition) is 3. The Morgan fingerprint density at radius 3 is 2.79 bits per heavy atom. The van der Waals surface area contributed by atoms with E-state index in [-0.39, 0.29) is 11.9 Å². The fourth-order valence-corrected chi connectivity index (χ4v) is 4.70. The van der Waals surface area contributed by atoms with Gasteiger partial charge in [0, 0.05) is 41.3 Å². The SMILES string of the molecule is CSc1ccccc1-c1ccc(C(=O)N[C@@H]2C[C@H]3CC[C@@H]2N3)n1C. The van der Waals surface area contributed by atoms with Gasteiger partial charge in [-0.3, -0.25) is 4.79 Å². The molecule has 24 heavy (non-hydrogen) atoms. The van der Waals surface area contributed by atoms with Crippen LogP contribution in [0.3, 0.4) is 0 Å². The molecule has 2 aliphatic heterocycles. The molecular formula is C19H23N3OS. The van der Waals surface area contributed by atoms with Gasteiger partial charge in [-0.15, -0.1) is 11.8 Å². The van der Waals surface area contributed by atoms with E-state index < -0.39 is 0 Å². The Morgan fingerprint density at radius 2 is 2.08 bits per heavy atom. The van der Waals surface area contributed by atoms with Gasteiger partial charge in [-0.2, -0.15) is 0 Å². The van der Waals surface area contributed by atoms with E-state index in [1.54, 1.807) is 11.8 Å². The maximum absolute atomic E-state index is 12.7. The molecule has 4 rings (SSSR count). The highest BCUT2D eigenvalue weighted by atomic mass is 32.2. The average Bonchev–Trinajstić information content (AvgIpc) is 3.30. The minimum absolute atomic E-state index is 0.0322. The quantitative estimate of drug-likeness (QED) is 0.840. The number of hydrogen-bond donors (Lipinski definition) is 2. The van der Waals surface area contributed by atoms with Crippen LogP contribution in [-0.2, 0) is 7.05 Å². The molecule has 1 aromatic carbocycles. The number of thioether (sulfide) groups is 1. The molecule has 1 aromatic heterocycles. The summed E-state index contributed by atoms with van der Waals surface area (Å²) in [6.07, 6.45) is 5.56. The summed E-state index contributed by atoms with van der Waals surface area (Å²) in [4.78, 5) is 14.0. The summed E-state index contributed by atoms with van der Waals surface area (Å²) in [6, 6.07) is 13.6. The smallest absolute Gasteiger partial charge is 0.268 e. The fraction of sp³-hybridized carbons (Fsp3) is 0.421. The van der Waals surface area contributed by atoms with Gasteiger partial charge in [-0.25, -0.2) is 0 Å². The second-order valence-electron chi connectivity index (χ2n) is 6.73. The number of fused-ring (bicyclic) bond motifs is 2. The molecule has 126 valence electrons. The van der Waals surface area contributed by atoms with Crippen LogP contribution in [0.15, 0.2) is 41.3 Å². The molecule has 0 radical (unpaired) electrons. The van der Waals surface area contributed by atoms with E-state index in [4.69, 9.17) is 0 Å². The van der Waals surface area contributed by atoms with Crippen LogP contribution < -0.4 is 10.6 Å². The molecule has 0 unspecified atom stereocenters.